The van der Waals surface area contributed by atoms with Gasteiger partial charge in [-0.2, -0.15) is 0 Å². The van der Waals surface area contributed by atoms with Gasteiger partial charge < -0.3 is 5.11 Å². The molecule has 0 spiro atoms. The normalized spacial score (nSPS) is 14.6. The Morgan fingerprint density at radius 1 is 1.00 bits per heavy atom. The molecule has 0 aliphatic heterocycles. The van der Waals surface area contributed by atoms with E-state index >= 15 is 0 Å². The number of carbonyl (C=O) groups is 1. The average Bonchev–Trinajstić information content (AvgIpc) is 2.05. The first-order chi connectivity index (χ1) is 6.46. The van der Waals surface area contributed by atoms with Crippen molar-refractivity contribution in [1.29, 1.82) is 0 Å². The molecule has 0 aromatic carbocycles. The highest BCUT2D eigenvalue weighted by Crippen LogP contribution is 2.15. The Bertz CT molecular complexity index is 107. The second kappa shape index (κ2) is 13.3. The van der Waals surface area contributed by atoms with Crippen LogP contribution in [0.25, 0.3) is 0 Å². The minimum atomic E-state index is -0.833. The zero-order valence-electron chi connectivity index (χ0n) is 8.31. The molecule has 14 heavy (non-hydrogen) atoms. The van der Waals surface area contributed by atoms with Gasteiger partial charge in [-0.05, 0) is 0 Å². The molecule has 1 aliphatic carbocycles. The van der Waals surface area contributed by atoms with Crippen LogP contribution in [0.2, 0.25) is 0 Å². The molecule has 86 valence electrons. The summed E-state index contributed by atoms with van der Waals surface area (Å²) in [7, 11) is 0. The Balaban J connectivity index is 0. The Labute approximate surface area is 101 Å². The van der Waals surface area contributed by atoms with Crippen molar-refractivity contribution in [3.05, 3.63) is 0 Å². The first kappa shape index (κ1) is 16.8. The zero-order valence-corrected chi connectivity index (χ0v) is 10.6. The molecule has 0 radical (unpaired) electrons. The van der Waals surface area contributed by atoms with Gasteiger partial charge in [0.2, 0.25) is 0 Å². The maximum absolute atomic E-state index is 9.00. The fourth-order valence-electron chi connectivity index (χ4n) is 1.06. The topological polar surface area (TPSA) is 37.3 Å². The van der Waals surface area contributed by atoms with Gasteiger partial charge in [-0.1, -0.05) is 73.3 Å². The van der Waals surface area contributed by atoms with Crippen LogP contribution in [0.4, 0.5) is 0 Å². The van der Waals surface area contributed by atoms with Crippen molar-refractivity contribution in [2.45, 2.75) is 49.7 Å². The predicted octanol–water partition coefficient (Wildman–Crippen LogP) is 4.42. The van der Waals surface area contributed by atoms with Gasteiger partial charge in [-0.3, -0.25) is 4.79 Å². The number of carboxylic acids is 1. The smallest absolute Gasteiger partial charge is 0.300 e. The van der Waals surface area contributed by atoms with E-state index in [4.69, 9.17) is 44.7 Å². The first-order valence-electron chi connectivity index (χ1n) is 4.58. The summed E-state index contributed by atoms with van der Waals surface area (Å²) in [5.41, 5.74) is 0. The van der Waals surface area contributed by atoms with Crippen LogP contribution in [-0.2, 0) is 4.79 Å². The molecule has 1 aliphatic rings. The lowest BCUT2D eigenvalue weighted by Gasteiger charge is -2.05. The number of rotatable bonds is 0. The van der Waals surface area contributed by atoms with Gasteiger partial charge in [0.05, 0.1) is 0 Å². The van der Waals surface area contributed by atoms with Crippen molar-refractivity contribution in [3.8, 4) is 0 Å². The van der Waals surface area contributed by atoms with E-state index in [-0.39, 0.29) is 0 Å². The van der Waals surface area contributed by atoms with Crippen LogP contribution < -0.4 is 0 Å². The molecule has 1 saturated carbocycles. The highest BCUT2D eigenvalue weighted by Gasteiger charge is 1.95. The number of hydrogen-bond acceptors (Lipinski definition) is 1. The SMILES string of the molecule is C1CCCCC1.CC(=O)O.ClC(Cl)Cl. The van der Waals surface area contributed by atoms with Gasteiger partial charge in [0.25, 0.3) is 5.97 Å². The maximum Gasteiger partial charge on any atom is 0.300 e. The fourth-order valence-corrected chi connectivity index (χ4v) is 1.06. The van der Waals surface area contributed by atoms with Gasteiger partial charge >= 0.3 is 0 Å². The lowest BCUT2D eigenvalue weighted by atomic mass is 10.0. The Hall–Kier alpha value is 0.340. The number of aliphatic carboxylic acids is 1. The molecule has 1 N–H and O–H groups in total. The summed E-state index contributed by atoms with van der Waals surface area (Å²) in [6.45, 7) is 1.08. The molecule has 1 rings (SSSR count). The quantitative estimate of drug-likeness (QED) is 0.657. The van der Waals surface area contributed by atoms with E-state index < -0.39 is 10.3 Å². The second-order valence-corrected chi connectivity index (χ2v) is 4.87. The summed E-state index contributed by atoms with van der Waals surface area (Å²) in [5, 5.41) is 7.42. The van der Waals surface area contributed by atoms with Crippen LogP contribution in [0, 0.1) is 0 Å². The number of alkyl halides is 3. The molecule has 0 saturated heterocycles. The summed E-state index contributed by atoms with van der Waals surface area (Å²) in [5.74, 6) is -0.833. The third-order valence-corrected chi connectivity index (χ3v) is 1.50. The molecule has 0 unspecified atom stereocenters. The van der Waals surface area contributed by atoms with E-state index in [0.717, 1.165) is 6.92 Å². The van der Waals surface area contributed by atoms with Crippen molar-refractivity contribution >= 4 is 40.8 Å². The van der Waals surface area contributed by atoms with E-state index in [1.807, 2.05) is 0 Å². The van der Waals surface area contributed by atoms with E-state index in [2.05, 4.69) is 0 Å². The van der Waals surface area contributed by atoms with E-state index in [9.17, 15) is 0 Å². The van der Waals surface area contributed by atoms with Crippen LogP contribution in [0.1, 0.15) is 45.4 Å². The van der Waals surface area contributed by atoms with Gasteiger partial charge in [-0.15, -0.1) is 0 Å². The lowest BCUT2D eigenvalue weighted by Crippen LogP contribution is -1.85. The van der Waals surface area contributed by atoms with Crippen molar-refractivity contribution in [3.63, 3.8) is 0 Å². The molecular weight excluding hydrogens is 246 g/mol. The molecule has 0 amide bonds. The molecule has 2 nitrogen and oxygen atoms in total. The summed E-state index contributed by atoms with van der Waals surface area (Å²) in [6.07, 6.45) is 9.00. The molecule has 0 atom stereocenters. The highest BCUT2D eigenvalue weighted by molar-refractivity contribution is 6.63. The monoisotopic (exact) mass is 262 g/mol. The van der Waals surface area contributed by atoms with Crippen molar-refractivity contribution < 1.29 is 9.90 Å². The van der Waals surface area contributed by atoms with Gasteiger partial charge in [0, 0.05) is 6.92 Å². The van der Waals surface area contributed by atoms with Crippen LogP contribution in [-0.4, -0.2) is 15.4 Å². The average molecular weight is 264 g/mol. The largest absolute Gasteiger partial charge is 0.481 e. The van der Waals surface area contributed by atoms with Crippen molar-refractivity contribution in [2.75, 3.05) is 0 Å². The van der Waals surface area contributed by atoms with Crippen LogP contribution >= 0.6 is 34.8 Å². The molecule has 0 bridgehead atoms. The number of carboxylic acid groups (broad SMARTS) is 1. The lowest BCUT2D eigenvalue weighted by molar-refractivity contribution is -0.134. The first-order valence-corrected chi connectivity index (χ1v) is 5.89. The van der Waals surface area contributed by atoms with Crippen molar-refractivity contribution in [2.24, 2.45) is 0 Å². The summed E-state index contributed by atoms with van der Waals surface area (Å²) < 4.78 is -0.750. The van der Waals surface area contributed by atoms with E-state index in [1.165, 1.54) is 38.5 Å². The zero-order chi connectivity index (χ0) is 11.4. The highest BCUT2D eigenvalue weighted by atomic mass is 35.6. The van der Waals surface area contributed by atoms with Gasteiger partial charge in [0.1, 0.15) is 0 Å². The number of hydrogen-bond donors (Lipinski definition) is 1. The second-order valence-electron chi connectivity index (χ2n) is 2.89. The van der Waals surface area contributed by atoms with Gasteiger partial charge in [-0.25, -0.2) is 0 Å². The van der Waals surface area contributed by atoms with E-state index in [1.54, 1.807) is 0 Å². The number of halogens is 3. The fraction of sp³-hybridized carbons (Fsp3) is 0.889. The van der Waals surface area contributed by atoms with Crippen LogP contribution in [0.15, 0.2) is 0 Å². The molecule has 5 heteroatoms. The minimum Gasteiger partial charge on any atom is -0.481 e. The maximum atomic E-state index is 9.00. The molecule has 1 fully saturated rings. The summed E-state index contributed by atoms with van der Waals surface area (Å²) >= 11 is 14.4. The Kier molecular flexibility index (Phi) is 16.0. The Morgan fingerprint density at radius 3 is 1.14 bits per heavy atom. The summed E-state index contributed by atoms with van der Waals surface area (Å²) in [6, 6.07) is 0. The predicted molar refractivity (Wildman–Crippen MR) is 62.4 cm³/mol. The third-order valence-electron chi connectivity index (χ3n) is 1.50. The Morgan fingerprint density at radius 2 is 1.07 bits per heavy atom. The molecular formula is C9H17Cl3O2. The van der Waals surface area contributed by atoms with Crippen molar-refractivity contribution in [1.82, 2.24) is 0 Å². The van der Waals surface area contributed by atoms with Crippen LogP contribution in [0.3, 0.4) is 0 Å². The molecule has 0 aromatic rings. The standard InChI is InChI=1S/C6H12.C2H4O2.CHCl3/c1-2-4-6-5-3-1;1-2(3)4;2-1(3)4/h1-6H2;1H3,(H,3,4);1H. The van der Waals surface area contributed by atoms with Gasteiger partial charge in [0.15, 0.2) is 4.30 Å². The minimum absolute atomic E-state index is 0.750. The van der Waals surface area contributed by atoms with E-state index in [0.29, 0.717) is 0 Å². The molecule has 0 heterocycles. The van der Waals surface area contributed by atoms with Crippen LogP contribution in [0.5, 0.6) is 0 Å². The third kappa shape index (κ3) is 39.5. The molecule has 0 aromatic heterocycles. The summed E-state index contributed by atoms with van der Waals surface area (Å²) in [4.78, 5) is 9.00.